The Labute approximate surface area is 163 Å². The summed E-state index contributed by atoms with van der Waals surface area (Å²) in [4.78, 5) is 4.81. The first kappa shape index (κ1) is 20.2. The highest BCUT2D eigenvalue weighted by atomic mass is 16.5. The molecule has 1 aliphatic heterocycles. The van der Waals surface area contributed by atoms with Crippen LogP contribution in [-0.2, 0) is 16.1 Å². The Balaban J connectivity index is 1.47. The van der Waals surface area contributed by atoms with E-state index in [0.717, 1.165) is 32.1 Å². The highest BCUT2D eigenvalue weighted by molar-refractivity contribution is 5.80. The van der Waals surface area contributed by atoms with E-state index >= 15 is 0 Å². The summed E-state index contributed by atoms with van der Waals surface area (Å²) in [7, 11) is 0. The van der Waals surface area contributed by atoms with Crippen LogP contribution in [0.3, 0.4) is 0 Å². The van der Waals surface area contributed by atoms with Crippen LogP contribution in [0.5, 0.6) is 0 Å². The molecule has 1 saturated heterocycles. The molecule has 1 saturated carbocycles. The number of guanidine groups is 1. The summed E-state index contributed by atoms with van der Waals surface area (Å²) in [6.45, 7) is 12.8. The summed E-state index contributed by atoms with van der Waals surface area (Å²) in [5.74, 6) is 1.90. The quantitative estimate of drug-likeness (QED) is 0.543. The van der Waals surface area contributed by atoms with Gasteiger partial charge in [-0.15, -0.1) is 0 Å². The van der Waals surface area contributed by atoms with Crippen molar-refractivity contribution in [3.8, 4) is 0 Å². The van der Waals surface area contributed by atoms with Crippen molar-refractivity contribution in [3.63, 3.8) is 0 Å². The topological polar surface area (TPSA) is 54.9 Å². The summed E-state index contributed by atoms with van der Waals surface area (Å²) in [6, 6.07) is 10.7. The van der Waals surface area contributed by atoms with Crippen LogP contribution in [0.1, 0.15) is 39.7 Å². The van der Waals surface area contributed by atoms with E-state index in [1.807, 2.05) is 18.2 Å². The fourth-order valence-electron chi connectivity index (χ4n) is 4.34. The summed E-state index contributed by atoms with van der Waals surface area (Å²) in [6.07, 6.45) is 1.54. The predicted molar refractivity (Wildman–Crippen MR) is 110 cm³/mol. The van der Waals surface area contributed by atoms with E-state index in [9.17, 15) is 0 Å². The van der Waals surface area contributed by atoms with Crippen LogP contribution < -0.4 is 10.6 Å². The molecular formula is C22H35N3O2. The maximum Gasteiger partial charge on any atom is 0.191 e. The third kappa shape index (κ3) is 4.82. The maximum atomic E-state index is 5.90. The average Bonchev–Trinajstić information content (AvgIpc) is 3.12. The van der Waals surface area contributed by atoms with Crippen molar-refractivity contribution in [1.82, 2.24) is 10.6 Å². The molecule has 0 amide bonds. The van der Waals surface area contributed by atoms with Crippen LogP contribution in [0.15, 0.2) is 35.3 Å². The molecule has 0 spiro atoms. The number of fused-ring (bicyclic) bond motifs is 1. The monoisotopic (exact) mass is 373 g/mol. The van der Waals surface area contributed by atoms with Gasteiger partial charge in [-0.2, -0.15) is 0 Å². The summed E-state index contributed by atoms with van der Waals surface area (Å²) in [5, 5.41) is 7.07. The van der Waals surface area contributed by atoms with E-state index in [-0.39, 0.29) is 5.41 Å². The van der Waals surface area contributed by atoms with Crippen LogP contribution in [0.4, 0.5) is 0 Å². The Morgan fingerprint density at radius 2 is 2.11 bits per heavy atom. The van der Waals surface area contributed by atoms with E-state index in [2.05, 4.69) is 50.5 Å². The van der Waals surface area contributed by atoms with Crippen LogP contribution >= 0.6 is 0 Å². The minimum Gasteiger partial charge on any atom is -0.377 e. The van der Waals surface area contributed by atoms with Crippen LogP contribution in [-0.4, -0.2) is 44.4 Å². The van der Waals surface area contributed by atoms with Crippen LogP contribution in [0.25, 0.3) is 0 Å². The minimum atomic E-state index is 0.155. The van der Waals surface area contributed by atoms with Crippen molar-refractivity contribution >= 4 is 5.96 Å². The standard InChI is InChI=1S/C22H35N3O2/c1-5-23-21(25-19-18-11-12-27-20(18)22(19,3)4)24-13-16(2)14-26-15-17-9-7-6-8-10-17/h6-10,16,18-20H,5,11-15H2,1-4H3,(H2,23,24,25). The second-order valence-corrected chi connectivity index (χ2v) is 8.51. The molecule has 5 nitrogen and oxygen atoms in total. The molecule has 150 valence electrons. The summed E-state index contributed by atoms with van der Waals surface area (Å²) < 4.78 is 11.8. The fourth-order valence-corrected chi connectivity index (χ4v) is 4.34. The largest absolute Gasteiger partial charge is 0.377 e. The lowest BCUT2D eigenvalue weighted by molar-refractivity contribution is -0.106. The first-order chi connectivity index (χ1) is 13.0. The van der Waals surface area contributed by atoms with Crippen molar-refractivity contribution in [2.75, 3.05) is 26.3 Å². The number of rotatable bonds is 8. The van der Waals surface area contributed by atoms with Crippen LogP contribution in [0.2, 0.25) is 0 Å². The number of aliphatic imine (C=N–C) groups is 1. The van der Waals surface area contributed by atoms with E-state index in [0.29, 0.717) is 37.2 Å². The molecule has 0 bridgehead atoms. The van der Waals surface area contributed by atoms with Crippen molar-refractivity contribution in [2.45, 2.75) is 52.9 Å². The molecule has 27 heavy (non-hydrogen) atoms. The van der Waals surface area contributed by atoms with Gasteiger partial charge in [0.2, 0.25) is 0 Å². The average molecular weight is 374 g/mol. The van der Waals surface area contributed by atoms with Gasteiger partial charge in [0.25, 0.3) is 0 Å². The van der Waals surface area contributed by atoms with Gasteiger partial charge < -0.3 is 20.1 Å². The lowest BCUT2D eigenvalue weighted by Crippen LogP contribution is -2.68. The Bertz CT molecular complexity index is 617. The van der Waals surface area contributed by atoms with Gasteiger partial charge in [-0.25, -0.2) is 0 Å². The highest BCUT2D eigenvalue weighted by Gasteiger charge is 2.59. The van der Waals surface area contributed by atoms with Crippen molar-refractivity contribution in [1.29, 1.82) is 0 Å². The third-order valence-electron chi connectivity index (χ3n) is 5.81. The fraction of sp³-hybridized carbons (Fsp3) is 0.682. The Hall–Kier alpha value is -1.59. The molecule has 3 rings (SSSR count). The zero-order chi connectivity index (χ0) is 19.3. The molecule has 2 N–H and O–H groups in total. The molecule has 0 aromatic heterocycles. The van der Waals surface area contributed by atoms with E-state index in [4.69, 9.17) is 14.5 Å². The molecule has 2 fully saturated rings. The lowest BCUT2D eigenvalue weighted by Gasteiger charge is -2.54. The Kier molecular flexibility index (Phi) is 6.77. The molecule has 4 atom stereocenters. The number of hydrogen-bond donors (Lipinski definition) is 2. The predicted octanol–water partition coefficient (Wildman–Crippen LogP) is 3.21. The minimum absolute atomic E-state index is 0.155. The number of benzene rings is 1. The zero-order valence-corrected chi connectivity index (χ0v) is 17.2. The molecule has 4 unspecified atom stereocenters. The number of nitrogens with zero attached hydrogens (tertiary/aromatic N) is 1. The van der Waals surface area contributed by atoms with Gasteiger partial charge in [0, 0.05) is 37.1 Å². The highest BCUT2D eigenvalue weighted by Crippen LogP contribution is 2.52. The van der Waals surface area contributed by atoms with Crippen molar-refractivity contribution in [3.05, 3.63) is 35.9 Å². The second-order valence-electron chi connectivity index (χ2n) is 8.51. The number of ether oxygens (including phenoxy) is 2. The van der Waals surface area contributed by atoms with Crippen molar-refractivity contribution < 1.29 is 9.47 Å². The van der Waals surface area contributed by atoms with Gasteiger partial charge in [0.15, 0.2) is 5.96 Å². The van der Waals surface area contributed by atoms with Crippen LogP contribution in [0, 0.1) is 17.3 Å². The van der Waals surface area contributed by atoms with Gasteiger partial charge in [-0.05, 0) is 24.8 Å². The lowest BCUT2D eigenvalue weighted by atomic mass is 9.57. The Morgan fingerprint density at radius 1 is 1.33 bits per heavy atom. The van der Waals surface area contributed by atoms with Gasteiger partial charge in [0.1, 0.15) is 0 Å². The molecule has 5 heteroatoms. The molecule has 1 aliphatic carbocycles. The maximum absolute atomic E-state index is 5.90. The smallest absolute Gasteiger partial charge is 0.191 e. The van der Waals surface area contributed by atoms with Gasteiger partial charge in [-0.1, -0.05) is 51.1 Å². The summed E-state index contributed by atoms with van der Waals surface area (Å²) in [5.41, 5.74) is 1.37. The molecule has 1 aromatic rings. The second kappa shape index (κ2) is 9.07. The molecule has 0 radical (unpaired) electrons. The normalized spacial score (nSPS) is 27.6. The van der Waals surface area contributed by atoms with Gasteiger partial charge in [0.05, 0.1) is 19.3 Å². The Morgan fingerprint density at radius 3 is 2.85 bits per heavy atom. The van der Waals surface area contributed by atoms with Crippen molar-refractivity contribution in [2.24, 2.45) is 22.2 Å². The molecule has 2 aliphatic rings. The SMILES string of the molecule is CCNC(=NCC(C)COCc1ccccc1)NC1C2CCOC2C1(C)C. The van der Waals surface area contributed by atoms with E-state index in [1.54, 1.807) is 0 Å². The number of nitrogens with one attached hydrogen (secondary N) is 2. The first-order valence-electron chi connectivity index (χ1n) is 10.3. The third-order valence-corrected chi connectivity index (χ3v) is 5.81. The van der Waals surface area contributed by atoms with Gasteiger partial charge in [-0.3, -0.25) is 4.99 Å². The van der Waals surface area contributed by atoms with E-state index in [1.165, 1.54) is 5.56 Å². The molecule has 1 aromatic carbocycles. The zero-order valence-electron chi connectivity index (χ0n) is 17.2. The van der Waals surface area contributed by atoms with Gasteiger partial charge >= 0.3 is 0 Å². The molecule has 1 heterocycles. The summed E-state index contributed by atoms with van der Waals surface area (Å²) >= 11 is 0. The molecular weight excluding hydrogens is 338 g/mol. The van der Waals surface area contributed by atoms with E-state index < -0.39 is 0 Å². The first-order valence-corrected chi connectivity index (χ1v) is 10.3. The number of hydrogen-bond acceptors (Lipinski definition) is 3.